The molecule has 0 aromatic heterocycles. The Hall–Kier alpha value is -3.02. The second-order valence-electron chi connectivity index (χ2n) is 6.44. The van der Waals surface area contributed by atoms with Gasteiger partial charge in [-0.05, 0) is 42.2 Å². The van der Waals surface area contributed by atoms with Crippen LogP contribution >= 0.6 is 0 Å². The van der Waals surface area contributed by atoms with Crippen molar-refractivity contribution in [1.82, 2.24) is 4.90 Å². The van der Waals surface area contributed by atoms with Gasteiger partial charge in [0.15, 0.2) is 11.5 Å². The van der Waals surface area contributed by atoms with Crippen LogP contribution in [0.15, 0.2) is 42.5 Å². The monoisotopic (exact) mass is 384 g/mol. The van der Waals surface area contributed by atoms with Gasteiger partial charge >= 0.3 is 0 Å². The first kappa shape index (κ1) is 21.3. The number of hydrogen-bond acceptors (Lipinski definition) is 4. The van der Waals surface area contributed by atoms with Crippen molar-refractivity contribution in [2.75, 3.05) is 32.6 Å². The van der Waals surface area contributed by atoms with Gasteiger partial charge in [-0.3, -0.25) is 9.59 Å². The topological polar surface area (TPSA) is 67.9 Å². The van der Waals surface area contributed by atoms with Crippen LogP contribution in [0.4, 0.5) is 5.69 Å². The third kappa shape index (κ3) is 5.74. The number of carbonyl (C=O) groups excluding carboxylic acids is 2. The van der Waals surface area contributed by atoms with Crippen LogP contribution in [-0.4, -0.2) is 44.0 Å². The molecule has 0 aliphatic carbocycles. The lowest BCUT2D eigenvalue weighted by atomic mass is 10.1. The summed E-state index contributed by atoms with van der Waals surface area (Å²) in [7, 11) is 3.17. The molecule has 0 aliphatic heterocycles. The zero-order valence-electron chi connectivity index (χ0n) is 17.0. The van der Waals surface area contributed by atoms with Crippen LogP contribution in [-0.2, 0) is 22.4 Å². The molecule has 0 atom stereocenters. The minimum Gasteiger partial charge on any atom is -0.493 e. The number of ether oxygens (including phenoxy) is 2. The standard InChI is InChI=1S/C22H28N2O4/c1-5-18-8-6-7-9-19(18)23-22(26)15-24(16(2)25)13-12-17-10-11-20(27-3)21(14-17)28-4/h6-11,14H,5,12-13,15H2,1-4H3,(H,23,26). The summed E-state index contributed by atoms with van der Waals surface area (Å²) >= 11 is 0. The molecule has 0 saturated carbocycles. The highest BCUT2D eigenvalue weighted by molar-refractivity contribution is 5.94. The van der Waals surface area contributed by atoms with Gasteiger partial charge in [0.05, 0.1) is 20.8 Å². The van der Waals surface area contributed by atoms with Crippen LogP contribution in [0, 0.1) is 0 Å². The maximum atomic E-state index is 12.4. The lowest BCUT2D eigenvalue weighted by Gasteiger charge is -2.21. The van der Waals surface area contributed by atoms with Crippen molar-refractivity contribution in [3.05, 3.63) is 53.6 Å². The second-order valence-corrected chi connectivity index (χ2v) is 6.44. The lowest BCUT2D eigenvalue weighted by molar-refractivity contribution is -0.132. The van der Waals surface area contributed by atoms with E-state index in [2.05, 4.69) is 5.32 Å². The summed E-state index contributed by atoms with van der Waals surface area (Å²) in [6.07, 6.45) is 1.44. The van der Waals surface area contributed by atoms with Gasteiger partial charge in [-0.25, -0.2) is 0 Å². The van der Waals surface area contributed by atoms with E-state index in [0.29, 0.717) is 24.5 Å². The Kier molecular flexibility index (Phi) is 7.87. The quantitative estimate of drug-likeness (QED) is 0.720. The summed E-state index contributed by atoms with van der Waals surface area (Å²) in [5.74, 6) is 0.953. The highest BCUT2D eigenvalue weighted by Gasteiger charge is 2.15. The van der Waals surface area contributed by atoms with E-state index in [9.17, 15) is 9.59 Å². The normalized spacial score (nSPS) is 10.3. The van der Waals surface area contributed by atoms with E-state index in [0.717, 1.165) is 23.2 Å². The molecule has 0 spiro atoms. The van der Waals surface area contributed by atoms with Gasteiger partial charge in [-0.1, -0.05) is 31.2 Å². The maximum absolute atomic E-state index is 12.4. The molecule has 1 N–H and O–H groups in total. The first-order valence-electron chi connectivity index (χ1n) is 9.32. The highest BCUT2D eigenvalue weighted by atomic mass is 16.5. The Labute approximate surface area is 166 Å². The van der Waals surface area contributed by atoms with Crippen molar-refractivity contribution in [2.24, 2.45) is 0 Å². The number of amides is 2. The van der Waals surface area contributed by atoms with Crippen molar-refractivity contribution in [2.45, 2.75) is 26.7 Å². The third-order valence-corrected chi connectivity index (χ3v) is 4.57. The number of aryl methyl sites for hydroxylation is 1. The van der Waals surface area contributed by atoms with Crippen LogP contribution in [0.25, 0.3) is 0 Å². The molecule has 2 aromatic carbocycles. The molecule has 0 fully saturated rings. The Bertz CT molecular complexity index is 820. The van der Waals surface area contributed by atoms with Crippen LogP contribution in [0.5, 0.6) is 11.5 Å². The van der Waals surface area contributed by atoms with E-state index in [-0.39, 0.29) is 18.4 Å². The average molecular weight is 384 g/mol. The Balaban J connectivity index is 2.00. The number of hydrogen-bond donors (Lipinski definition) is 1. The number of anilines is 1. The summed E-state index contributed by atoms with van der Waals surface area (Å²) in [6.45, 7) is 3.96. The summed E-state index contributed by atoms with van der Waals surface area (Å²) < 4.78 is 10.6. The fourth-order valence-corrected chi connectivity index (χ4v) is 2.96. The maximum Gasteiger partial charge on any atom is 0.244 e. The molecule has 2 rings (SSSR count). The summed E-state index contributed by atoms with van der Waals surface area (Å²) in [6, 6.07) is 13.3. The highest BCUT2D eigenvalue weighted by Crippen LogP contribution is 2.27. The largest absolute Gasteiger partial charge is 0.493 e. The first-order valence-corrected chi connectivity index (χ1v) is 9.32. The SMILES string of the molecule is CCc1ccccc1NC(=O)CN(CCc1ccc(OC)c(OC)c1)C(C)=O. The third-order valence-electron chi connectivity index (χ3n) is 4.57. The molecule has 2 amide bonds. The lowest BCUT2D eigenvalue weighted by Crippen LogP contribution is -2.38. The van der Waals surface area contributed by atoms with E-state index in [1.807, 2.05) is 49.4 Å². The van der Waals surface area contributed by atoms with Crippen LogP contribution < -0.4 is 14.8 Å². The van der Waals surface area contributed by atoms with E-state index < -0.39 is 0 Å². The van der Waals surface area contributed by atoms with Crippen LogP contribution in [0.1, 0.15) is 25.0 Å². The number of benzene rings is 2. The predicted molar refractivity (Wildman–Crippen MR) is 110 cm³/mol. The van der Waals surface area contributed by atoms with E-state index in [4.69, 9.17) is 9.47 Å². The Morgan fingerprint density at radius 2 is 1.75 bits per heavy atom. The molecule has 0 heterocycles. The Morgan fingerprint density at radius 1 is 1.04 bits per heavy atom. The zero-order valence-corrected chi connectivity index (χ0v) is 17.0. The molecule has 0 saturated heterocycles. The molecule has 2 aromatic rings. The predicted octanol–water partition coefficient (Wildman–Crippen LogP) is 3.30. The number of methoxy groups -OCH3 is 2. The van der Waals surface area contributed by atoms with Crippen LogP contribution in [0.3, 0.4) is 0 Å². The minimum atomic E-state index is -0.205. The summed E-state index contributed by atoms with van der Waals surface area (Å²) in [5, 5.41) is 2.91. The summed E-state index contributed by atoms with van der Waals surface area (Å²) in [5.41, 5.74) is 2.86. The van der Waals surface area contributed by atoms with Crippen LogP contribution in [0.2, 0.25) is 0 Å². The molecule has 6 heteroatoms. The van der Waals surface area contributed by atoms with E-state index >= 15 is 0 Å². The van der Waals surface area contributed by atoms with Gasteiger partial charge in [0.1, 0.15) is 0 Å². The number of rotatable bonds is 9. The minimum absolute atomic E-state index is 0.0146. The molecular weight excluding hydrogens is 356 g/mol. The molecule has 0 aliphatic rings. The van der Waals surface area contributed by atoms with Gasteiger partial charge in [-0.2, -0.15) is 0 Å². The van der Waals surface area contributed by atoms with Gasteiger partial charge in [0, 0.05) is 19.2 Å². The molecule has 6 nitrogen and oxygen atoms in total. The number of nitrogens with zero attached hydrogens (tertiary/aromatic N) is 1. The fraction of sp³-hybridized carbons (Fsp3) is 0.364. The smallest absolute Gasteiger partial charge is 0.244 e. The number of carbonyl (C=O) groups is 2. The molecular formula is C22H28N2O4. The fourth-order valence-electron chi connectivity index (χ4n) is 2.96. The number of nitrogens with one attached hydrogen (secondary N) is 1. The van der Waals surface area contributed by atoms with Crippen molar-refractivity contribution >= 4 is 17.5 Å². The van der Waals surface area contributed by atoms with Crippen molar-refractivity contribution in [3.8, 4) is 11.5 Å². The molecule has 0 unspecified atom stereocenters. The van der Waals surface area contributed by atoms with E-state index in [1.165, 1.54) is 6.92 Å². The zero-order chi connectivity index (χ0) is 20.5. The van der Waals surface area contributed by atoms with Gasteiger partial charge in [0.2, 0.25) is 11.8 Å². The second kappa shape index (κ2) is 10.3. The molecule has 28 heavy (non-hydrogen) atoms. The summed E-state index contributed by atoms with van der Waals surface area (Å²) in [4.78, 5) is 26.0. The molecule has 0 bridgehead atoms. The number of para-hydroxylation sites is 1. The van der Waals surface area contributed by atoms with Gasteiger partial charge in [-0.15, -0.1) is 0 Å². The van der Waals surface area contributed by atoms with Gasteiger partial charge < -0.3 is 19.7 Å². The average Bonchev–Trinajstić information content (AvgIpc) is 2.70. The molecule has 150 valence electrons. The first-order chi connectivity index (χ1) is 13.5. The van der Waals surface area contributed by atoms with Gasteiger partial charge in [0.25, 0.3) is 0 Å². The van der Waals surface area contributed by atoms with Crippen molar-refractivity contribution in [3.63, 3.8) is 0 Å². The Morgan fingerprint density at radius 3 is 2.39 bits per heavy atom. The van der Waals surface area contributed by atoms with Crippen molar-refractivity contribution in [1.29, 1.82) is 0 Å². The van der Waals surface area contributed by atoms with Crippen molar-refractivity contribution < 1.29 is 19.1 Å². The molecule has 0 radical (unpaired) electrons. The van der Waals surface area contributed by atoms with E-state index in [1.54, 1.807) is 19.1 Å².